The van der Waals surface area contributed by atoms with Crippen molar-refractivity contribution in [3.8, 4) is 0 Å². The minimum absolute atomic E-state index is 0. The molecule has 1 aromatic rings. The Morgan fingerprint density at radius 2 is 1.00 bits per heavy atom. The standard InChI is InChI=1S/C6H6O6S2.Rb.H/c7-13(8,9)5-1-2-6(4-3-5)14(10,11)12;;/h1-4H,(H,7,8,9)(H,10,11,12);;/q;+1;-1. The van der Waals surface area contributed by atoms with Crippen LogP contribution in [-0.2, 0) is 20.2 Å². The van der Waals surface area contributed by atoms with E-state index in [0.717, 1.165) is 24.3 Å². The molecule has 2 N–H and O–H groups in total. The molecule has 0 saturated carbocycles. The molecule has 1 rings (SSSR count). The number of rotatable bonds is 2. The molecule has 9 heteroatoms. The van der Waals surface area contributed by atoms with Gasteiger partial charge in [-0.3, -0.25) is 9.11 Å². The van der Waals surface area contributed by atoms with Gasteiger partial charge in [-0.2, -0.15) is 16.8 Å². The molecule has 0 saturated heterocycles. The maximum atomic E-state index is 10.5. The van der Waals surface area contributed by atoms with E-state index in [0.29, 0.717) is 0 Å². The van der Waals surface area contributed by atoms with Gasteiger partial charge in [-0.05, 0) is 24.3 Å². The number of hydrogen-bond donors (Lipinski definition) is 2. The quantitative estimate of drug-likeness (QED) is 0.573. The average Bonchev–Trinajstić information content (AvgIpc) is 2.01. The number of benzene rings is 1. The van der Waals surface area contributed by atoms with Gasteiger partial charge in [0.25, 0.3) is 20.2 Å². The van der Waals surface area contributed by atoms with Crippen molar-refractivity contribution in [1.82, 2.24) is 0 Å². The largest absolute Gasteiger partial charge is 1.00 e. The van der Waals surface area contributed by atoms with E-state index in [2.05, 4.69) is 0 Å². The van der Waals surface area contributed by atoms with Crippen LogP contribution in [-0.4, -0.2) is 25.9 Å². The van der Waals surface area contributed by atoms with E-state index in [1.807, 2.05) is 0 Å². The second-order valence-corrected chi connectivity index (χ2v) is 5.26. The first-order chi connectivity index (χ1) is 6.21. The molecule has 0 bridgehead atoms. The van der Waals surface area contributed by atoms with Crippen LogP contribution in [0.5, 0.6) is 0 Å². The van der Waals surface area contributed by atoms with Crippen LogP contribution in [0.4, 0.5) is 0 Å². The molecule has 0 spiro atoms. The maximum Gasteiger partial charge on any atom is 1.00 e. The summed E-state index contributed by atoms with van der Waals surface area (Å²) in [5.74, 6) is 0. The van der Waals surface area contributed by atoms with E-state index in [1.165, 1.54) is 0 Å². The summed E-state index contributed by atoms with van der Waals surface area (Å²) in [7, 11) is -8.68. The van der Waals surface area contributed by atoms with Gasteiger partial charge in [0.05, 0.1) is 9.79 Å². The summed E-state index contributed by atoms with van der Waals surface area (Å²) in [5.41, 5.74) is 0. The van der Waals surface area contributed by atoms with Crippen LogP contribution >= 0.6 is 0 Å². The zero-order chi connectivity index (χ0) is 11.0. The van der Waals surface area contributed by atoms with E-state index >= 15 is 0 Å². The van der Waals surface area contributed by atoms with Gasteiger partial charge in [-0.15, -0.1) is 0 Å². The van der Waals surface area contributed by atoms with Crippen LogP contribution in [0.2, 0.25) is 0 Å². The SMILES string of the molecule is O=S(=O)(O)c1ccc(S(=O)(=O)O)cc1.[H-].[Rb+]. The summed E-state index contributed by atoms with van der Waals surface area (Å²) in [4.78, 5) is -0.880. The van der Waals surface area contributed by atoms with Crippen molar-refractivity contribution in [3.05, 3.63) is 24.3 Å². The average molecular weight is 325 g/mol. The molecule has 0 radical (unpaired) electrons. The van der Waals surface area contributed by atoms with Crippen molar-refractivity contribution < 1.29 is 85.6 Å². The van der Waals surface area contributed by atoms with E-state index < -0.39 is 30.0 Å². The zero-order valence-corrected chi connectivity index (χ0v) is 14.2. The Morgan fingerprint density at radius 3 is 1.13 bits per heavy atom. The predicted molar refractivity (Wildman–Crippen MR) is 47.2 cm³/mol. The Balaban J connectivity index is 0. The molecule has 0 fully saturated rings. The molecule has 80 valence electrons. The van der Waals surface area contributed by atoms with Crippen LogP contribution in [0.15, 0.2) is 34.1 Å². The van der Waals surface area contributed by atoms with Gasteiger partial charge in [-0.1, -0.05) is 0 Å². The van der Waals surface area contributed by atoms with Crippen molar-refractivity contribution in [2.75, 3.05) is 0 Å². The van der Waals surface area contributed by atoms with E-state index in [4.69, 9.17) is 9.11 Å². The van der Waals surface area contributed by atoms with Crippen LogP contribution in [0.1, 0.15) is 1.43 Å². The summed E-state index contributed by atoms with van der Waals surface area (Å²) in [5, 5.41) is 0. The summed E-state index contributed by atoms with van der Waals surface area (Å²) >= 11 is 0. The first kappa shape index (κ1) is 15.8. The van der Waals surface area contributed by atoms with E-state index in [1.54, 1.807) is 0 Å². The van der Waals surface area contributed by atoms with Crippen LogP contribution < -0.4 is 58.2 Å². The third-order valence-corrected chi connectivity index (χ3v) is 3.16. The zero-order valence-electron chi connectivity index (χ0n) is 8.65. The Kier molecular flexibility index (Phi) is 5.76. The summed E-state index contributed by atoms with van der Waals surface area (Å²) in [6.45, 7) is 0. The third-order valence-electron chi connectivity index (χ3n) is 1.42. The smallest absolute Gasteiger partial charge is 1.00 e. The Labute approximate surface area is 137 Å². The molecule has 0 aliphatic rings. The molecule has 1 aromatic carbocycles. The van der Waals surface area contributed by atoms with Crippen LogP contribution in [0.3, 0.4) is 0 Å². The van der Waals surface area contributed by atoms with Crippen molar-refractivity contribution in [1.29, 1.82) is 0 Å². The van der Waals surface area contributed by atoms with Crippen molar-refractivity contribution in [2.24, 2.45) is 0 Å². The first-order valence-corrected chi connectivity index (χ1v) is 6.14. The minimum atomic E-state index is -4.34. The maximum absolute atomic E-state index is 10.5. The van der Waals surface area contributed by atoms with Gasteiger partial charge >= 0.3 is 58.2 Å². The normalized spacial score (nSPS) is 11.9. The second-order valence-electron chi connectivity index (χ2n) is 2.42. The minimum Gasteiger partial charge on any atom is -1.00 e. The van der Waals surface area contributed by atoms with Gasteiger partial charge in [0.15, 0.2) is 0 Å². The molecule has 0 unspecified atom stereocenters. The molecule has 0 aliphatic heterocycles. The molecule has 0 atom stereocenters. The Bertz CT molecular complexity index is 484. The monoisotopic (exact) mass is 324 g/mol. The fourth-order valence-corrected chi connectivity index (χ4v) is 1.74. The fraction of sp³-hybridized carbons (Fsp3) is 0. The topological polar surface area (TPSA) is 109 Å². The fourth-order valence-electron chi connectivity index (χ4n) is 0.784. The van der Waals surface area contributed by atoms with Gasteiger partial charge < -0.3 is 1.43 Å². The van der Waals surface area contributed by atoms with Gasteiger partial charge in [0.2, 0.25) is 0 Å². The molecule has 0 aromatic heterocycles. The molecule has 0 heterocycles. The van der Waals surface area contributed by atoms with Crippen molar-refractivity contribution >= 4 is 20.2 Å². The molecule has 6 nitrogen and oxygen atoms in total. The Hall–Kier alpha value is 0.845. The van der Waals surface area contributed by atoms with Crippen LogP contribution in [0.25, 0.3) is 0 Å². The van der Waals surface area contributed by atoms with Gasteiger partial charge in [0, 0.05) is 0 Å². The number of hydrogen-bond acceptors (Lipinski definition) is 4. The second kappa shape index (κ2) is 5.45. The van der Waals surface area contributed by atoms with Crippen LogP contribution in [0, 0.1) is 0 Å². The van der Waals surface area contributed by atoms with Crippen molar-refractivity contribution in [3.63, 3.8) is 0 Å². The van der Waals surface area contributed by atoms with Gasteiger partial charge in [0.1, 0.15) is 0 Å². The van der Waals surface area contributed by atoms with Gasteiger partial charge in [-0.25, -0.2) is 0 Å². The molecule has 0 amide bonds. The molecular formula is C6H7O6RbS2. The predicted octanol–water partition coefficient (Wildman–Crippen LogP) is -2.70. The molecule has 0 aliphatic carbocycles. The van der Waals surface area contributed by atoms with Crippen molar-refractivity contribution in [2.45, 2.75) is 9.79 Å². The van der Waals surface area contributed by atoms with E-state index in [9.17, 15) is 16.8 Å². The summed E-state index contributed by atoms with van der Waals surface area (Å²) in [6, 6.07) is 3.49. The first-order valence-electron chi connectivity index (χ1n) is 3.26. The Morgan fingerprint density at radius 1 is 0.800 bits per heavy atom. The molecule has 15 heavy (non-hydrogen) atoms. The summed E-state index contributed by atoms with van der Waals surface area (Å²) in [6.07, 6.45) is 0. The summed E-state index contributed by atoms with van der Waals surface area (Å²) < 4.78 is 59.2. The third kappa shape index (κ3) is 4.69. The molecular weight excluding hydrogens is 318 g/mol. The van der Waals surface area contributed by atoms with E-state index in [-0.39, 0.29) is 59.6 Å².